The lowest BCUT2D eigenvalue weighted by molar-refractivity contribution is -0.121. The van der Waals surface area contributed by atoms with Gasteiger partial charge >= 0.3 is 0 Å². The van der Waals surface area contributed by atoms with E-state index in [1.54, 1.807) is 0 Å². The number of amides is 1. The van der Waals surface area contributed by atoms with Crippen LogP contribution in [0.3, 0.4) is 0 Å². The summed E-state index contributed by atoms with van der Waals surface area (Å²) in [5, 5.41) is 6.17. The van der Waals surface area contributed by atoms with Crippen molar-refractivity contribution in [2.75, 3.05) is 13.1 Å². The maximum atomic E-state index is 11.4. The Kier molecular flexibility index (Phi) is 5.09. The van der Waals surface area contributed by atoms with Gasteiger partial charge in [0.05, 0.1) is 0 Å². The molecule has 1 amide bonds. The molecule has 0 bridgehead atoms. The van der Waals surface area contributed by atoms with Crippen LogP contribution in [0.1, 0.15) is 32.1 Å². The maximum absolute atomic E-state index is 11.4. The van der Waals surface area contributed by atoms with Gasteiger partial charge in [0.1, 0.15) is 0 Å². The molecule has 1 unspecified atom stereocenters. The van der Waals surface area contributed by atoms with Crippen LogP contribution in [0.5, 0.6) is 0 Å². The number of carbonyl (C=O) groups excluding carboxylic acids is 1. The molecule has 1 aliphatic heterocycles. The van der Waals surface area contributed by atoms with Gasteiger partial charge in [0.25, 0.3) is 0 Å². The molecule has 1 saturated heterocycles. The molecule has 3 nitrogen and oxygen atoms in total. The van der Waals surface area contributed by atoms with Gasteiger partial charge in [-0.2, -0.15) is 0 Å². The third-order valence-corrected chi connectivity index (χ3v) is 2.41. The minimum Gasteiger partial charge on any atom is -0.356 e. The molecule has 14 heavy (non-hydrogen) atoms. The first-order chi connectivity index (χ1) is 6.83. The van der Waals surface area contributed by atoms with E-state index >= 15 is 0 Å². The van der Waals surface area contributed by atoms with Crippen LogP contribution in [0.15, 0.2) is 0 Å². The van der Waals surface area contributed by atoms with Gasteiger partial charge in [0.2, 0.25) is 5.91 Å². The molecule has 1 heterocycles. The Hall–Kier alpha value is -1.01. The van der Waals surface area contributed by atoms with E-state index < -0.39 is 0 Å². The fraction of sp³-hybridized carbons (Fsp3) is 0.727. The summed E-state index contributed by atoms with van der Waals surface area (Å²) in [6.45, 7) is 1.75. The normalized spacial score (nSPS) is 20.4. The van der Waals surface area contributed by atoms with Crippen LogP contribution in [0, 0.1) is 12.3 Å². The summed E-state index contributed by atoms with van der Waals surface area (Å²) in [6, 6.07) is 0.391. The molecule has 0 aromatic carbocycles. The Morgan fingerprint density at radius 1 is 1.64 bits per heavy atom. The molecule has 2 N–H and O–H groups in total. The van der Waals surface area contributed by atoms with Crippen LogP contribution in [-0.4, -0.2) is 25.0 Å². The van der Waals surface area contributed by atoms with Crippen LogP contribution in [-0.2, 0) is 4.79 Å². The van der Waals surface area contributed by atoms with Crippen molar-refractivity contribution in [3.05, 3.63) is 0 Å². The number of nitrogens with one attached hydrogen (secondary N) is 2. The average molecular weight is 194 g/mol. The molecular formula is C11H18N2O. The van der Waals surface area contributed by atoms with Crippen LogP contribution in [0.4, 0.5) is 0 Å². The number of unbranched alkanes of at least 4 members (excludes halogenated alkanes) is 1. The third-order valence-electron chi connectivity index (χ3n) is 2.41. The van der Waals surface area contributed by atoms with Crippen molar-refractivity contribution < 1.29 is 4.79 Å². The van der Waals surface area contributed by atoms with Crippen molar-refractivity contribution in [3.63, 3.8) is 0 Å². The van der Waals surface area contributed by atoms with E-state index in [0.29, 0.717) is 19.0 Å². The zero-order valence-electron chi connectivity index (χ0n) is 8.51. The van der Waals surface area contributed by atoms with Gasteiger partial charge in [0.15, 0.2) is 0 Å². The molecule has 0 spiro atoms. The maximum Gasteiger partial charge on any atom is 0.221 e. The first kappa shape index (κ1) is 11.1. The molecule has 78 valence electrons. The highest BCUT2D eigenvalue weighted by Crippen LogP contribution is 2.07. The first-order valence-electron chi connectivity index (χ1n) is 5.26. The largest absolute Gasteiger partial charge is 0.356 e. The van der Waals surface area contributed by atoms with Gasteiger partial charge < -0.3 is 10.6 Å². The molecule has 1 fully saturated rings. The van der Waals surface area contributed by atoms with Gasteiger partial charge in [-0.25, -0.2) is 0 Å². The van der Waals surface area contributed by atoms with Crippen molar-refractivity contribution >= 4 is 5.91 Å². The number of hydrogen-bond acceptors (Lipinski definition) is 2. The van der Waals surface area contributed by atoms with Gasteiger partial charge in [-0.15, -0.1) is 12.3 Å². The second kappa shape index (κ2) is 6.44. The summed E-state index contributed by atoms with van der Waals surface area (Å²) in [4.78, 5) is 11.4. The molecule has 3 heteroatoms. The highest BCUT2D eigenvalue weighted by molar-refractivity contribution is 5.76. The van der Waals surface area contributed by atoms with Crippen LogP contribution in [0.25, 0.3) is 0 Å². The molecule has 0 radical (unpaired) electrons. The Morgan fingerprint density at radius 2 is 2.50 bits per heavy atom. The molecule has 0 saturated carbocycles. The van der Waals surface area contributed by atoms with Gasteiger partial charge in [0, 0.05) is 25.4 Å². The second-order valence-corrected chi connectivity index (χ2v) is 3.66. The Labute approximate surface area is 85.6 Å². The Bertz CT molecular complexity index is 214. The zero-order chi connectivity index (χ0) is 10.2. The van der Waals surface area contributed by atoms with Crippen molar-refractivity contribution in [2.45, 2.75) is 38.1 Å². The smallest absolute Gasteiger partial charge is 0.221 e. The molecule has 1 rings (SSSR count). The first-order valence-corrected chi connectivity index (χ1v) is 5.26. The molecule has 0 aromatic heterocycles. The van der Waals surface area contributed by atoms with Gasteiger partial charge in [-0.3, -0.25) is 4.79 Å². The second-order valence-electron chi connectivity index (χ2n) is 3.66. The standard InChI is InChI=1S/C11H18N2O/c1-2-3-4-7-13-11(14)9-10-6-5-8-12-10/h1,10,12H,3-9H2,(H,13,14). The van der Waals surface area contributed by atoms with Crippen molar-refractivity contribution in [1.29, 1.82) is 0 Å². The van der Waals surface area contributed by atoms with E-state index in [-0.39, 0.29) is 5.91 Å². The topological polar surface area (TPSA) is 41.1 Å². The SMILES string of the molecule is C#CCCCNC(=O)CC1CCCN1. The lowest BCUT2D eigenvalue weighted by Crippen LogP contribution is -2.32. The van der Waals surface area contributed by atoms with E-state index in [2.05, 4.69) is 16.6 Å². The summed E-state index contributed by atoms with van der Waals surface area (Å²) in [6.07, 6.45) is 9.64. The fourth-order valence-electron chi connectivity index (χ4n) is 1.65. The fourth-order valence-corrected chi connectivity index (χ4v) is 1.65. The number of carbonyl (C=O) groups is 1. The van der Waals surface area contributed by atoms with Crippen LogP contribution < -0.4 is 10.6 Å². The van der Waals surface area contributed by atoms with Crippen molar-refractivity contribution in [2.24, 2.45) is 0 Å². The number of hydrogen-bond donors (Lipinski definition) is 2. The van der Waals surface area contributed by atoms with E-state index in [1.807, 2.05) is 0 Å². The Morgan fingerprint density at radius 3 is 3.14 bits per heavy atom. The lowest BCUT2D eigenvalue weighted by Gasteiger charge is -2.09. The van der Waals surface area contributed by atoms with Crippen molar-refractivity contribution in [1.82, 2.24) is 10.6 Å². The van der Waals surface area contributed by atoms with Gasteiger partial charge in [-0.05, 0) is 25.8 Å². The highest BCUT2D eigenvalue weighted by atomic mass is 16.1. The minimum atomic E-state index is 0.140. The molecule has 0 aromatic rings. The lowest BCUT2D eigenvalue weighted by atomic mass is 10.1. The quantitative estimate of drug-likeness (QED) is 0.498. The highest BCUT2D eigenvalue weighted by Gasteiger charge is 2.16. The van der Waals surface area contributed by atoms with E-state index in [0.717, 1.165) is 25.8 Å². The summed E-state index contributed by atoms with van der Waals surface area (Å²) in [5.41, 5.74) is 0. The van der Waals surface area contributed by atoms with Crippen molar-refractivity contribution in [3.8, 4) is 12.3 Å². The predicted octanol–water partition coefficient (Wildman–Crippen LogP) is 0.658. The summed E-state index contributed by atoms with van der Waals surface area (Å²) < 4.78 is 0. The van der Waals surface area contributed by atoms with E-state index in [9.17, 15) is 4.79 Å². The number of terminal acetylenes is 1. The summed E-state index contributed by atoms with van der Waals surface area (Å²) in [7, 11) is 0. The molecule has 1 aliphatic rings. The number of rotatable bonds is 5. The van der Waals surface area contributed by atoms with E-state index in [4.69, 9.17) is 6.42 Å². The Balaban J connectivity index is 2.01. The van der Waals surface area contributed by atoms with Gasteiger partial charge in [-0.1, -0.05) is 0 Å². The molecule has 0 aliphatic carbocycles. The molecular weight excluding hydrogens is 176 g/mol. The predicted molar refractivity (Wildman–Crippen MR) is 56.7 cm³/mol. The van der Waals surface area contributed by atoms with Crippen LogP contribution >= 0.6 is 0 Å². The monoisotopic (exact) mass is 194 g/mol. The zero-order valence-corrected chi connectivity index (χ0v) is 8.51. The summed E-state index contributed by atoms with van der Waals surface area (Å²) in [5.74, 6) is 2.69. The van der Waals surface area contributed by atoms with Crippen LogP contribution in [0.2, 0.25) is 0 Å². The molecule has 1 atom stereocenters. The summed E-state index contributed by atoms with van der Waals surface area (Å²) >= 11 is 0. The third kappa shape index (κ3) is 4.29. The van der Waals surface area contributed by atoms with E-state index in [1.165, 1.54) is 6.42 Å². The minimum absolute atomic E-state index is 0.140. The average Bonchev–Trinajstić information content (AvgIpc) is 2.65.